The highest BCUT2D eigenvalue weighted by atomic mass is 35.5. The molecule has 0 radical (unpaired) electrons. The van der Waals surface area contributed by atoms with Crippen LogP contribution in [0.15, 0.2) is 18.2 Å². The summed E-state index contributed by atoms with van der Waals surface area (Å²) in [5.74, 6) is 0.282. The molecule has 1 nitrogen and oxygen atoms in total. The Balaban J connectivity index is 2.69. The molecule has 1 rings (SSSR count). The molecule has 0 heterocycles. The average Bonchev–Trinajstić information content (AvgIpc) is 2.36. The Labute approximate surface area is 115 Å². The van der Waals surface area contributed by atoms with Crippen molar-refractivity contribution in [2.24, 2.45) is 5.92 Å². The Bertz CT molecular complexity index is 368. The Morgan fingerprint density at radius 3 is 2.67 bits per heavy atom. The summed E-state index contributed by atoms with van der Waals surface area (Å²) in [7, 11) is 0. The quantitative estimate of drug-likeness (QED) is 0.773. The minimum Gasteiger partial charge on any atom is -0.314 e. The second-order valence-electron chi connectivity index (χ2n) is 4.85. The van der Waals surface area contributed by atoms with Crippen molar-refractivity contribution in [3.05, 3.63) is 34.6 Å². The van der Waals surface area contributed by atoms with Gasteiger partial charge >= 0.3 is 0 Å². The molecule has 0 saturated carbocycles. The van der Waals surface area contributed by atoms with Crippen LogP contribution in [0.4, 0.5) is 4.39 Å². The highest BCUT2D eigenvalue weighted by molar-refractivity contribution is 6.30. The molecule has 3 heteroatoms. The summed E-state index contributed by atoms with van der Waals surface area (Å²) >= 11 is 5.92. The number of nitrogens with one attached hydrogen (secondary N) is 1. The standard InChI is InChI=1S/C15H23ClFN/c1-4-8-18-11(3)12(5-2)9-13-10-14(16)6-7-15(13)17/h6-7,10-12,18H,4-5,8-9H2,1-3H3. The van der Waals surface area contributed by atoms with Crippen molar-refractivity contribution < 1.29 is 4.39 Å². The molecule has 0 saturated heterocycles. The van der Waals surface area contributed by atoms with Gasteiger partial charge in [-0.15, -0.1) is 0 Å². The van der Waals surface area contributed by atoms with Gasteiger partial charge in [-0.05, 0) is 56.0 Å². The zero-order valence-corrected chi connectivity index (χ0v) is 12.2. The molecule has 0 aliphatic heterocycles. The first-order valence-corrected chi connectivity index (χ1v) is 7.13. The number of rotatable bonds is 7. The molecule has 0 spiro atoms. The predicted molar refractivity (Wildman–Crippen MR) is 76.7 cm³/mol. The Morgan fingerprint density at radius 2 is 2.06 bits per heavy atom. The van der Waals surface area contributed by atoms with Crippen LogP contribution in [0.5, 0.6) is 0 Å². The van der Waals surface area contributed by atoms with Gasteiger partial charge in [-0.25, -0.2) is 4.39 Å². The summed E-state index contributed by atoms with van der Waals surface area (Å²) in [4.78, 5) is 0. The largest absolute Gasteiger partial charge is 0.314 e. The first-order valence-electron chi connectivity index (χ1n) is 6.75. The van der Waals surface area contributed by atoms with E-state index >= 15 is 0 Å². The highest BCUT2D eigenvalue weighted by Gasteiger charge is 2.17. The molecule has 0 aromatic heterocycles. The van der Waals surface area contributed by atoms with Gasteiger partial charge in [0.1, 0.15) is 5.82 Å². The molecular weight excluding hydrogens is 249 g/mol. The lowest BCUT2D eigenvalue weighted by atomic mass is 9.90. The van der Waals surface area contributed by atoms with E-state index in [1.165, 1.54) is 6.07 Å². The maximum Gasteiger partial charge on any atom is 0.126 e. The predicted octanol–water partition coefficient (Wildman–Crippen LogP) is 4.44. The van der Waals surface area contributed by atoms with E-state index in [-0.39, 0.29) is 5.82 Å². The van der Waals surface area contributed by atoms with Crippen LogP contribution in [0.25, 0.3) is 0 Å². The molecule has 0 aliphatic rings. The second kappa shape index (κ2) is 7.75. The molecule has 0 fully saturated rings. The smallest absolute Gasteiger partial charge is 0.126 e. The lowest BCUT2D eigenvalue weighted by Crippen LogP contribution is -2.35. The third-order valence-electron chi connectivity index (χ3n) is 3.44. The van der Waals surface area contributed by atoms with Crippen molar-refractivity contribution in [2.75, 3.05) is 6.54 Å². The van der Waals surface area contributed by atoms with Gasteiger partial charge in [0.2, 0.25) is 0 Å². The number of hydrogen-bond acceptors (Lipinski definition) is 1. The fraction of sp³-hybridized carbons (Fsp3) is 0.600. The van der Waals surface area contributed by atoms with Crippen molar-refractivity contribution in [3.63, 3.8) is 0 Å². The maximum absolute atomic E-state index is 13.7. The maximum atomic E-state index is 13.7. The van der Waals surface area contributed by atoms with E-state index in [1.54, 1.807) is 12.1 Å². The third kappa shape index (κ3) is 4.58. The molecule has 18 heavy (non-hydrogen) atoms. The molecule has 1 N–H and O–H groups in total. The van der Waals surface area contributed by atoms with Crippen molar-refractivity contribution in [2.45, 2.75) is 46.1 Å². The summed E-state index contributed by atoms with van der Waals surface area (Å²) in [6, 6.07) is 5.19. The number of halogens is 2. The molecule has 1 aromatic rings. The van der Waals surface area contributed by atoms with E-state index in [4.69, 9.17) is 11.6 Å². The van der Waals surface area contributed by atoms with E-state index in [2.05, 4.69) is 26.1 Å². The van der Waals surface area contributed by atoms with Gasteiger partial charge < -0.3 is 5.32 Å². The summed E-state index contributed by atoms with van der Waals surface area (Å²) in [5, 5.41) is 4.09. The van der Waals surface area contributed by atoms with Gasteiger partial charge in [0, 0.05) is 11.1 Å². The lowest BCUT2D eigenvalue weighted by molar-refractivity contribution is 0.358. The SMILES string of the molecule is CCCNC(C)C(CC)Cc1cc(Cl)ccc1F. The van der Waals surface area contributed by atoms with Gasteiger partial charge in [-0.1, -0.05) is 31.9 Å². The van der Waals surface area contributed by atoms with E-state index in [9.17, 15) is 4.39 Å². The first-order chi connectivity index (χ1) is 8.58. The van der Waals surface area contributed by atoms with Crippen LogP contribution in [0.1, 0.15) is 39.2 Å². The fourth-order valence-electron chi connectivity index (χ4n) is 2.20. The highest BCUT2D eigenvalue weighted by Crippen LogP contribution is 2.21. The Kier molecular flexibility index (Phi) is 6.66. The van der Waals surface area contributed by atoms with Gasteiger partial charge in [0.25, 0.3) is 0 Å². The average molecular weight is 272 g/mol. The molecule has 0 aliphatic carbocycles. The summed E-state index contributed by atoms with van der Waals surface area (Å²) in [6.07, 6.45) is 2.89. The topological polar surface area (TPSA) is 12.0 Å². The third-order valence-corrected chi connectivity index (χ3v) is 3.67. The molecule has 0 bridgehead atoms. The fourth-order valence-corrected chi connectivity index (χ4v) is 2.39. The molecule has 0 amide bonds. The van der Waals surface area contributed by atoms with Crippen molar-refractivity contribution in [3.8, 4) is 0 Å². The van der Waals surface area contributed by atoms with Crippen LogP contribution in [0.2, 0.25) is 5.02 Å². The molecule has 1 aromatic carbocycles. The van der Waals surface area contributed by atoms with Gasteiger partial charge in [0.15, 0.2) is 0 Å². The first kappa shape index (κ1) is 15.5. The van der Waals surface area contributed by atoms with Gasteiger partial charge in [0.05, 0.1) is 0 Å². The van der Waals surface area contributed by atoms with Crippen LogP contribution in [0.3, 0.4) is 0 Å². The van der Waals surface area contributed by atoms with Crippen molar-refractivity contribution in [1.29, 1.82) is 0 Å². The molecule has 2 atom stereocenters. The van der Waals surface area contributed by atoms with E-state index in [1.807, 2.05) is 0 Å². The van der Waals surface area contributed by atoms with Crippen LogP contribution in [-0.2, 0) is 6.42 Å². The number of hydrogen-bond donors (Lipinski definition) is 1. The van der Waals surface area contributed by atoms with Gasteiger partial charge in [-0.3, -0.25) is 0 Å². The summed E-state index contributed by atoms with van der Waals surface area (Å²) in [5.41, 5.74) is 0.722. The zero-order chi connectivity index (χ0) is 13.5. The van der Waals surface area contributed by atoms with E-state index < -0.39 is 0 Å². The van der Waals surface area contributed by atoms with Crippen LogP contribution >= 0.6 is 11.6 Å². The summed E-state index contributed by atoms with van der Waals surface area (Å²) in [6.45, 7) is 7.48. The normalized spacial score (nSPS) is 14.5. The number of benzene rings is 1. The Morgan fingerprint density at radius 1 is 1.33 bits per heavy atom. The van der Waals surface area contributed by atoms with E-state index in [0.717, 1.165) is 31.4 Å². The monoisotopic (exact) mass is 271 g/mol. The van der Waals surface area contributed by atoms with Crippen LogP contribution in [0, 0.1) is 11.7 Å². The van der Waals surface area contributed by atoms with Crippen molar-refractivity contribution in [1.82, 2.24) is 5.32 Å². The van der Waals surface area contributed by atoms with Crippen LogP contribution in [-0.4, -0.2) is 12.6 Å². The van der Waals surface area contributed by atoms with Crippen molar-refractivity contribution >= 4 is 11.6 Å². The second-order valence-corrected chi connectivity index (χ2v) is 5.29. The van der Waals surface area contributed by atoms with Gasteiger partial charge in [-0.2, -0.15) is 0 Å². The minimum atomic E-state index is -0.152. The van der Waals surface area contributed by atoms with E-state index in [0.29, 0.717) is 17.0 Å². The Hall–Kier alpha value is -0.600. The molecule has 2 unspecified atom stereocenters. The lowest BCUT2D eigenvalue weighted by Gasteiger charge is -2.24. The van der Waals surface area contributed by atoms with Crippen LogP contribution < -0.4 is 5.32 Å². The molecule has 102 valence electrons. The molecular formula is C15H23ClFN. The minimum absolute atomic E-state index is 0.152. The summed E-state index contributed by atoms with van der Waals surface area (Å²) < 4.78 is 13.7. The zero-order valence-electron chi connectivity index (χ0n) is 11.5.